The molecule has 1 aromatic carbocycles. The highest BCUT2D eigenvalue weighted by Gasteiger charge is 2.00. The van der Waals surface area contributed by atoms with Crippen molar-refractivity contribution >= 4 is 0 Å². The Kier molecular flexibility index (Phi) is 6.95. The lowest BCUT2D eigenvalue weighted by molar-refractivity contribution is 0.373. The molecule has 1 heterocycles. The van der Waals surface area contributed by atoms with Gasteiger partial charge in [-0.2, -0.15) is 0 Å². The van der Waals surface area contributed by atoms with E-state index in [1.165, 1.54) is 7.11 Å². The maximum absolute atomic E-state index is 9.25. The van der Waals surface area contributed by atoms with Gasteiger partial charge in [0.2, 0.25) is 0 Å². The fourth-order valence-electron chi connectivity index (χ4n) is 1.62. The zero-order valence-corrected chi connectivity index (χ0v) is 12.8. The van der Waals surface area contributed by atoms with Crippen LogP contribution >= 0.6 is 0 Å². The number of phenols is 1. The summed E-state index contributed by atoms with van der Waals surface area (Å²) in [4.78, 5) is 8.22. The van der Waals surface area contributed by atoms with Gasteiger partial charge in [0, 0.05) is 12.4 Å². The van der Waals surface area contributed by atoms with E-state index in [-0.39, 0.29) is 5.75 Å². The number of aryl methyl sites for hydroxylation is 2. The van der Waals surface area contributed by atoms with Gasteiger partial charge in [0.25, 0.3) is 0 Å². The predicted octanol–water partition coefficient (Wildman–Crippen LogP) is 3.48. The molecule has 2 rings (SSSR count). The first-order chi connectivity index (χ1) is 10.1. The van der Waals surface area contributed by atoms with Gasteiger partial charge < -0.3 is 9.84 Å². The van der Waals surface area contributed by atoms with E-state index < -0.39 is 0 Å². The fraction of sp³-hybridized carbons (Fsp3) is 0.294. The summed E-state index contributed by atoms with van der Waals surface area (Å²) in [6.07, 6.45) is 7.17. The van der Waals surface area contributed by atoms with Crippen molar-refractivity contribution in [3.05, 3.63) is 60.2 Å². The largest absolute Gasteiger partial charge is 0.504 e. The average Bonchev–Trinajstić information content (AvgIpc) is 2.51. The minimum Gasteiger partial charge on any atom is -0.504 e. The highest BCUT2D eigenvalue weighted by Crippen LogP contribution is 2.26. The van der Waals surface area contributed by atoms with Crippen LogP contribution in [0.15, 0.2) is 43.2 Å². The first-order valence-corrected chi connectivity index (χ1v) is 6.85. The van der Waals surface area contributed by atoms with Gasteiger partial charge >= 0.3 is 0 Å². The van der Waals surface area contributed by atoms with Crippen molar-refractivity contribution in [2.24, 2.45) is 0 Å². The van der Waals surface area contributed by atoms with Gasteiger partial charge in [-0.3, -0.25) is 9.97 Å². The summed E-state index contributed by atoms with van der Waals surface area (Å²) in [7, 11) is 1.53. The van der Waals surface area contributed by atoms with Gasteiger partial charge in [-0.15, -0.1) is 6.58 Å². The van der Waals surface area contributed by atoms with Gasteiger partial charge in [-0.1, -0.05) is 19.1 Å². The van der Waals surface area contributed by atoms with Gasteiger partial charge in [0.15, 0.2) is 11.5 Å². The fourth-order valence-corrected chi connectivity index (χ4v) is 1.62. The number of hydrogen-bond donors (Lipinski definition) is 1. The molecular formula is C17H22N2O2. The predicted molar refractivity (Wildman–Crippen MR) is 84.7 cm³/mol. The molecular weight excluding hydrogens is 264 g/mol. The molecule has 0 fully saturated rings. The molecule has 112 valence electrons. The van der Waals surface area contributed by atoms with Crippen molar-refractivity contribution in [1.29, 1.82) is 0 Å². The van der Waals surface area contributed by atoms with Crippen molar-refractivity contribution in [3.63, 3.8) is 0 Å². The SMILES string of the molecule is C=CCc1ccc(O)c(OC)c1.CCc1cnc(C)cn1. The van der Waals surface area contributed by atoms with E-state index in [9.17, 15) is 5.11 Å². The Labute approximate surface area is 126 Å². The monoisotopic (exact) mass is 286 g/mol. The third-order valence-corrected chi connectivity index (χ3v) is 2.82. The molecule has 0 aliphatic rings. The summed E-state index contributed by atoms with van der Waals surface area (Å²) in [6, 6.07) is 5.27. The molecule has 0 saturated heterocycles. The quantitative estimate of drug-likeness (QED) is 0.874. The Morgan fingerprint density at radius 2 is 2.05 bits per heavy atom. The van der Waals surface area contributed by atoms with E-state index in [0.717, 1.165) is 29.8 Å². The minimum atomic E-state index is 0.172. The standard InChI is InChI=1S/C10H12O2.C7H10N2/c1-3-4-8-5-6-9(11)10(7-8)12-2;1-3-7-5-8-6(2)4-9-7/h3,5-7,11H,1,4H2,2H3;4-5H,3H2,1-2H3. The zero-order valence-electron chi connectivity index (χ0n) is 12.8. The summed E-state index contributed by atoms with van der Waals surface area (Å²) in [6.45, 7) is 7.64. The Morgan fingerprint density at radius 3 is 2.57 bits per heavy atom. The lowest BCUT2D eigenvalue weighted by Gasteiger charge is -2.04. The van der Waals surface area contributed by atoms with E-state index in [0.29, 0.717) is 5.75 Å². The molecule has 0 spiro atoms. The molecule has 4 nitrogen and oxygen atoms in total. The number of rotatable bonds is 4. The first-order valence-electron chi connectivity index (χ1n) is 6.85. The smallest absolute Gasteiger partial charge is 0.160 e. The van der Waals surface area contributed by atoms with E-state index in [1.807, 2.05) is 25.3 Å². The molecule has 0 bridgehead atoms. The molecule has 0 atom stereocenters. The van der Waals surface area contributed by atoms with Gasteiger partial charge in [0.05, 0.1) is 18.5 Å². The van der Waals surface area contributed by atoms with Gasteiger partial charge in [-0.25, -0.2) is 0 Å². The number of phenolic OH excluding ortho intramolecular Hbond substituents is 1. The number of nitrogens with zero attached hydrogens (tertiary/aromatic N) is 2. The van der Waals surface area contributed by atoms with Crippen LogP contribution < -0.4 is 4.74 Å². The molecule has 4 heteroatoms. The molecule has 1 aromatic heterocycles. The van der Waals surface area contributed by atoms with Crippen molar-refractivity contribution < 1.29 is 9.84 Å². The molecule has 2 aromatic rings. The van der Waals surface area contributed by atoms with Crippen LogP contribution in [-0.4, -0.2) is 22.2 Å². The van der Waals surface area contributed by atoms with Crippen LogP contribution in [0.4, 0.5) is 0 Å². The molecule has 21 heavy (non-hydrogen) atoms. The van der Waals surface area contributed by atoms with Crippen LogP contribution in [0.2, 0.25) is 0 Å². The number of allylic oxidation sites excluding steroid dienone is 1. The molecule has 0 saturated carbocycles. The second-order valence-corrected chi connectivity index (χ2v) is 4.50. The van der Waals surface area contributed by atoms with Crippen molar-refractivity contribution in [2.75, 3.05) is 7.11 Å². The van der Waals surface area contributed by atoms with E-state index in [4.69, 9.17) is 4.74 Å². The number of hydrogen-bond acceptors (Lipinski definition) is 4. The maximum Gasteiger partial charge on any atom is 0.160 e. The second-order valence-electron chi connectivity index (χ2n) is 4.50. The third kappa shape index (κ3) is 5.65. The number of aromatic nitrogens is 2. The number of methoxy groups -OCH3 is 1. The highest BCUT2D eigenvalue weighted by molar-refractivity contribution is 5.42. The Balaban J connectivity index is 0.000000219. The van der Waals surface area contributed by atoms with E-state index >= 15 is 0 Å². The highest BCUT2D eigenvalue weighted by atomic mass is 16.5. The molecule has 0 unspecified atom stereocenters. The molecule has 0 aliphatic carbocycles. The second kappa shape index (κ2) is 8.74. The Hall–Kier alpha value is -2.36. The van der Waals surface area contributed by atoms with Crippen LogP contribution in [0, 0.1) is 6.92 Å². The zero-order chi connectivity index (χ0) is 15.7. The Bertz CT molecular complexity index is 566. The van der Waals surface area contributed by atoms with Gasteiger partial charge in [0.1, 0.15) is 0 Å². The third-order valence-electron chi connectivity index (χ3n) is 2.82. The minimum absolute atomic E-state index is 0.172. The summed E-state index contributed by atoms with van der Waals surface area (Å²) in [5, 5.41) is 9.25. The lowest BCUT2D eigenvalue weighted by Crippen LogP contribution is -1.89. The van der Waals surface area contributed by atoms with Crippen molar-refractivity contribution in [3.8, 4) is 11.5 Å². The summed E-state index contributed by atoms with van der Waals surface area (Å²) in [5.74, 6) is 0.680. The molecule has 0 aliphatic heterocycles. The number of benzene rings is 1. The molecule has 0 radical (unpaired) electrons. The normalized spacial score (nSPS) is 9.48. The summed E-state index contributed by atoms with van der Waals surface area (Å²) in [5.41, 5.74) is 3.12. The average molecular weight is 286 g/mol. The number of aromatic hydroxyl groups is 1. The van der Waals surface area contributed by atoms with Crippen molar-refractivity contribution in [1.82, 2.24) is 9.97 Å². The Morgan fingerprint density at radius 1 is 1.29 bits per heavy atom. The number of ether oxygens (including phenoxy) is 1. The topological polar surface area (TPSA) is 55.2 Å². The molecule has 1 N–H and O–H groups in total. The van der Waals surface area contributed by atoms with E-state index in [1.54, 1.807) is 18.3 Å². The van der Waals surface area contributed by atoms with Crippen LogP contribution in [0.5, 0.6) is 11.5 Å². The maximum atomic E-state index is 9.25. The van der Waals surface area contributed by atoms with Crippen LogP contribution in [0.3, 0.4) is 0 Å². The van der Waals surface area contributed by atoms with Crippen LogP contribution in [-0.2, 0) is 12.8 Å². The van der Waals surface area contributed by atoms with Crippen LogP contribution in [0.1, 0.15) is 23.9 Å². The summed E-state index contributed by atoms with van der Waals surface area (Å²) < 4.78 is 4.95. The van der Waals surface area contributed by atoms with E-state index in [2.05, 4.69) is 23.5 Å². The molecule has 0 amide bonds. The lowest BCUT2D eigenvalue weighted by atomic mass is 10.1. The van der Waals surface area contributed by atoms with Crippen LogP contribution in [0.25, 0.3) is 0 Å². The van der Waals surface area contributed by atoms with Crippen molar-refractivity contribution in [2.45, 2.75) is 26.7 Å². The summed E-state index contributed by atoms with van der Waals surface area (Å²) >= 11 is 0. The van der Waals surface area contributed by atoms with Gasteiger partial charge in [-0.05, 0) is 37.5 Å². The first kappa shape index (κ1) is 16.7.